The first-order valence-electron chi connectivity index (χ1n) is 17.0. The highest BCUT2D eigenvalue weighted by Crippen LogP contribution is 2.40. The molecule has 4 aliphatic heterocycles. The predicted molar refractivity (Wildman–Crippen MR) is 176 cm³/mol. The van der Waals surface area contributed by atoms with Crippen molar-refractivity contribution in [2.24, 2.45) is 5.92 Å². The predicted octanol–water partition coefficient (Wildman–Crippen LogP) is 8.00. The van der Waals surface area contributed by atoms with E-state index in [9.17, 15) is 9.90 Å². The Kier molecular flexibility index (Phi) is 11.1. The summed E-state index contributed by atoms with van der Waals surface area (Å²) < 4.78 is 17.5. The molecule has 0 aromatic heterocycles. The highest BCUT2D eigenvalue weighted by Gasteiger charge is 2.43. The molecule has 4 aliphatic rings. The van der Waals surface area contributed by atoms with E-state index in [0.717, 1.165) is 99.4 Å². The van der Waals surface area contributed by atoms with Crippen LogP contribution in [0.2, 0.25) is 0 Å². The number of unbranched alkanes of at least 4 members (excludes halogenated alkanes) is 5. The Morgan fingerprint density at radius 2 is 1.49 bits per heavy atom. The molecule has 2 unspecified atom stereocenters. The van der Waals surface area contributed by atoms with Crippen molar-refractivity contribution in [3.05, 3.63) is 90.0 Å². The lowest BCUT2D eigenvalue weighted by Crippen LogP contribution is -2.59. The second kappa shape index (κ2) is 15.7. The third kappa shape index (κ3) is 8.26. The molecule has 4 saturated heterocycles. The van der Waals surface area contributed by atoms with Gasteiger partial charge in [-0.1, -0.05) is 86.3 Å². The van der Waals surface area contributed by atoms with E-state index in [1.165, 1.54) is 19.3 Å². The maximum Gasteiger partial charge on any atom is 0.408 e. The van der Waals surface area contributed by atoms with Crippen LogP contribution in [0.1, 0.15) is 75.0 Å². The van der Waals surface area contributed by atoms with E-state index in [-0.39, 0.29) is 12.3 Å². The first kappa shape index (κ1) is 31.6. The SMILES string of the molecule is O=C(O)N(C(c1ccccc1)c1cc(OCCCCCCCCC2OCCO2)cc(-c2ccccc2)c1)C1CN2CCC1CC2. The van der Waals surface area contributed by atoms with Gasteiger partial charge < -0.3 is 24.2 Å². The minimum absolute atomic E-state index is 0.00887. The van der Waals surface area contributed by atoms with Crippen molar-refractivity contribution < 1.29 is 24.1 Å². The van der Waals surface area contributed by atoms with E-state index in [1.54, 1.807) is 4.90 Å². The largest absolute Gasteiger partial charge is 0.494 e. The summed E-state index contributed by atoms with van der Waals surface area (Å²) in [6.07, 6.45) is 9.11. The van der Waals surface area contributed by atoms with Gasteiger partial charge in [-0.05, 0) is 91.6 Å². The lowest BCUT2D eigenvalue weighted by Gasteiger charge is -2.50. The third-order valence-corrected chi connectivity index (χ3v) is 9.74. The lowest BCUT2D eigenvalue weighted by molar-refractivity contribution is -0.0480. The van der Waals surface area contributed by atoms with Gasteiger partial charge in [0.1, 0.15) is 5.75 Å². The molecular formula is C38H48N2O5. The molecule has 2 bridgehead atoms. The van der Waals surface area contributed by atoms with Crippen molar-refractivity contribution in [1.82, 2.24) is 9.80 Å². The fraction of sp³-hybridized carbons (Fsp3) is 0.500. The smallest absolute Gasteiger partial charge is 0.408 e. The number of hydrogen-bond acceptors (Lipinski definition) is 5. The average molecular weight is 613 g/mol. The second-order valence-electron chi connectivity index (χ2n) is 12.8. The molecule has 0 spiro atoms. The Hall–Kier alpha value is -3.39. The second-order valence-corrected chi connectivity index (χ2v) is 12.8. The van der Waals surface area contributed by atoms with E-state index in [1.807, 2.05) is 36.4 Å². The first-order chi connectivity index (χ1) is 22.2. The molecule has 7 rings (SSSR count). The standard InChI is InChI=1S/C38H48N2O5/c41-38(42)40(35-28-39-20-18-30(35)19-21-39)37(31-15-9-6-10-16-31)33-25-32(29-13-7-5-8-14-29)26-34(27-33)43-22-12-4-2-1-3-11-17-36-44-23-24-45-36/h5-10,13-16,25-27,30,35-37H,1-4,11-12,17-24,28H2,(H,41,42). The molecule has 0 radical (unpaired) electrons. The first-order valence-corrected chi connectivity index (χ1v) is 17.0. The number of piperidine rings is 3. The van der Waals surface area contributed by atoms with Gasteiger partial charge in [0.2, 0.25) is 0 Å². The maximum absolute atomic E-state index is 13.2. The van der Waals surface area contributed by atoms with Crippen molar-refractivity contribution in [3.8, 4) is 16.9 Å². The van der Waals surface area contributed by atoms with E-state index in [2.05, 4.69) is 47.4 Å². The summed E-state index contributed by atoms with van der Waals surface area (Å²) in [4.78, 5) is 17.4. The Morgan fingerprint density at radius 1 is 0.822 bits per heavy atom. The van der Waals surface area contributed by atoms with Gasteiger partial charge in [0.25, 0.3) is 0 Å². The minimum Gasteiger partial charge on any atom is -0.494 e. The van der Waals surface area contributed by atoms with Gasteiger partial charge in [-0.3, -0.25) is 4.90 Å². The van der Waals surface area contributed by atoms with Gasteiger partial charge in [0, 0.05) is 6.54 Å². The molecule has 3 aromatic carbocycles. The zero-order valence-electron chi connectivity index (χ0n) is 26.4. The molecule has 7 nitrogen and oxygen atoms in total. The van der Waals surface area contributed by atoms with Crippen LogP contribution in [0.5, 0.6) is 5.75 Å². The summed E-state index contributed by atoms with van der Waals surface area (Å²) in [5, 5.41) is 10.8. The van der Waals surface area contributed by atoms with Crippen LogP contribution in [0.15, 0.2) is 78.9 Å². The number of amides is 1. The number of rotatable bonds is 15. The summed E-state index contributed by atoms with van der Waals surface area (Å²) in [6, 6.07) is 26.3. The van der Waals surface area contributed by atoms with Crippen LogP contribution in [0.3, 0.4) is 0 Å². The quantitative estimate of drug-likeness (QED) is 0.175. The molecular weight excluding hydrogens is 564 g/mol. The molecule has 1 amide bonds. The zero-order valence-corrected chi connectivity index (χ0v) is 26.4. The normalized spacial score (nSPS) is 21.9. The summed E-state index contributed by atoms with van der Waals surface area (Å²) >= 11 is 0. The van der Waals surface area contributed by atoms with Gasteiger partial charge in [-0.15, -0.1) is 0 Å². The Labute approximate surface area is 268 Å². The van der Waals surface area contributed by atoms with E-state index in [4.69, 9.17) is 14.2 Å². The van der Waals surface area contributed by atoms with Gasteiger partial charge in [-0.25, -0.2) is 4.79 Å². The summed E-state index contributed by atoms with van der Waals surface area (Å²) in [5.41, 5.74) is 4.07. The monoisotopic (exact) mass is 612 g/mol. The number of carbonyl (C=O) groups is 1. The summed E-state index contributed by atoms with van der Waals surface area (Å²) in [6.45, 7) is 5.02. The van der Waals surface area contributed by atoms with Crippen molar-refractivity contribution in [2.45, 2.75) is 76.2 Å². The lowest BCUT2D eigenvalue weighted by atomic mass is 9.81. The number of carboxylic acid groups (broad SMARTS) is 1. The zero-order chi connectivity index (χ0) is 30.8. The minimum atomic E-state index is -0.863. The number of nitrogens with zero attached hydrogens (tertiary/aromatic N) is 2. The molecule has 240 valence electrons. The highest BCUT2D eigenvalue weighted by atomic mass is 16.7. The molecule has 1 N–H and O–H groups in total. The number of ether oxygens (including phenoxy) is 3. The Balaban J connectivity index is 1.19. The van der Waals surface area contributed by atoms with Crippen LogP contribution in [-0.2, 0) is 9.47 Å². The number of hydrogen-bond donors (Lipinski definition) is 1. The molecule has 0 saturated carbocycles. The highest BCUT2D eigenvalue weighted by molar-refractivity contribution is 5.70. The van der Waals surface area contributed by atoms with Crippen LogP contribution in [0.25, 0.3) is 11.1 Å². The fourth-order valence-corrected chi connectivity index (χ4v) is 7.39. The van der Waals surface area contributed by atoms with Crippen molar-refractivity contribution in [2.75, 3.05) is 39.5 Å². The number of benzene rings is 3. The molecule has 4 fully saturated rings. The Bertz CT molecular complexity index is 1340. The van der Waals surface area contributed by atoms with Gasteiger partial charge in [0.05, 0.1) is 31.9 Å². The van der Waals surface area contributed by atoms with E-state index >= 15 is 0 Å². The molecule has 4 heterocycles. The van der Waals surface area contributed by atoms with Crippen LogP contribution in [-0.4, -0.2) is 72.8 Å². The molecule has 2 atom stereocenters. The summed E-state index contributed by atoms with van der Waals surface area (Å²) in [5.74, 6) is 1.18. The summed E-state index contributed by atoms with van der Waals surface area (Å²) in [7, 11) is 0. The Morgan fingerprint density at radius 3 is 2.16 bits per heavy atom. The van der Waals surface area contributed by atoms with Crippen LogP contribution < -0.4 is 4.74 Å². The van der Waals surface area contributed by atoms with Crippen molar-refractivity contribution >= 4 is 6.09 Å². The molecule has 45 heavy (non-hydrogen) atoms. The van der Waals surface area contributed by atoms with Crippen LogP contribution in [0.4, 0.5) is 4.79 Å². The van der Waals surface area contributed by atoms with Gasteiger partial charge in [-0.2, -0.15) is 0 Å². The fourth-order valence-electron chi connectivity index (χ4n) is 7.39. The van der Waals surface area contributed by atoms with Gasteiger partial charge in [0.15, 0.2) is 6.29 Å². The van der Waals surface area contributed by atoms with E-state index in [0.29, 0.717) is 12.5 Å². The average Bonchev–Trinajstić information content (AvgIpc) is 3.61. The van der Waals surface area contributed by atoms with Crippen LogP contribution in [0, 0.1) is 5.92 Å². The van der Waals surface area contributed by atoms with Crippen molar-refractivity contribution in [1.29, 1.82) is 0 Å². The molecule has 0 aliphatic carbocycles. The van der Waals surface area contributed by atoms with E-state index < -0.39 is 12.1 Å². The molecule has 7 heteroatoms. The van der Waals surface area contributed by atoms with Crippen molar-refractivity contribution in [3.63, 3.8) is 0 Å². The van der Waals surface area contributed by atoms with Crippen LogP contribution >= 0.6 is 0 Å². The number of fused-ring (bicyclic) bond motifs is 3. The maximum atomic E-state index is 13.2. The topological polar surface area (TPSA) is 71.5 Å². The third-order valence-electron chi connectivity index (χ3n) is 9.74. The molecule has 3 aromatic rings. The van der Waals surface area contributed by atoms with Gasteiger partial charge >= 0.3 is 6.09 Å².